The normalized spacial score (nSPS) is 10.8. The molecular weight excluding hydrogens is 426 g/mol. The van der Waals surface area contributed by atoms with Gasteiger partial charge in [0.15, 0.2) is 16.1 Å². The first-order valence-electron chi connectivity index (χ1n) is 8.63. The topological polar surface area (TPSA) is 81.9 Å². The number of hydrogen-bond acceptors (Lipinski definition) is 8. The van der Waals surface area contributed by atoms with Crippen LogP contribution >= 0.6 is 34.4 Å². The van der Waals surface area contributed by atoms with Crippen LogP contribution in [0.15, 0.2) is 52.3 Å². The van der Waals surface area contributed by atoms with E-state index in [1.165, 1.54) is 30.0 Å². The van der Waals surface area contributed by atoms with Gasteiger partial charge >= 0.3 is 0 Å². The zero-order valence-electron chi connectivity index (χ0n) is 15.7. The second-order valence-corrected chi connectivity index (χ2v) is 8.65. The number of amides is 1. The molecule has 10 heteroatoms. The van der Waals surface area contributed by atoms with Crippen LogP contribution in [0, 0.1) is 0 Å². The monoisotopic (exact) mass is 443 g/mol. The highest BCUT2D eigenvalue weighted by Gasteiger charge is 2.19. The van der Waals surface area contributed by atoms with Crippen LogP contribution in [0.4, 0.5) is 5.13 Å². The van der Waals surface area contributed by atoms with Gasteiger partial charge in [0.2, 0.25) is 5.91 Å². The molecule has 0 aliphatic heterocycles. The number of para-hydroxylation sites is 2. The zero-order valence-corrected chi connectivity index (χ0v) is 18.1. The lowest BCUT2D eigenvalue weighted by Gasteiger charge is -2.13. The van der Waals surface area contributed by atoms with Gasteiger partial charge in [-0.05, 0) is 23.6 Å². The first kappa shape index (κ1) is 19.6. The molecule has 148 valence electrons. The van der Waals surface area contributed by atoms with E-state index in [1.807, 2.05) is 51.7 Å². The van der Waals surface area contributed by atoms with Crippen molar-refractivity contribution >= 4 is 45.5 Å². The Balaban J connectivity index is 1.67. The highest BCUT2D eigenvalue weighted by Crippen LogP contribution is 2.35. The predicted molar refractivity (Wildman–Crippen MR) is 117 cm³/mol. The van der Waals surface area contributed by atoms with Crippen molar-refractivity contribution in [2.24, 2.45) is 0 Å². The Hall–Kier alpha value is -2.69. The summed E-state index contributed by atoms with van der Waals surface area (Å²) < 4.78 is 7.58. The van der Waals surface area contributed by atoms with Crippen molar-refractivity contribution in [1.29, 1.82) is 0 Å². The molecule has 0 bridgehead atoms. The van der Waals surface area contributed by atoms with Crippen molar-refractivity contribution in [3.63, 3.8) is 0 Å². The minimum absolute atomic E-state index is 0.130. The third-order valence-electron chi connectivity index (χ3n) is 3.88. The Labute approximate surface area is 179 Å². The summed E-state index contributed by atoms with van der Waals surface area (Å²) in [5.74, 6) is 1.99. The fourth-order valence-corrected chi connectivity index (χ4v) is 5.08. The molecule has 7 nitrogen and oxygen atoms in total. The summed E-state index contributed by atoms with van der Waals surface area (Å²) in [6, 6.07) is 11.8. The summed E-state index contributed by atoms with van der Waals surface area (Å²) in [4.78, 5) is 16.7. The van der Waals surface area contributed by atoms with Gasteiger partial charge in [0, 0.05) is 18.1 Å². The number of hydrogen-bond donors (Lipinski definition) is 1. The van der Waals surface area contributed by atoms with E-state index >= 15 is 0 Å². The Morgan fingerprint density at radius 2 is 2.07 bits per heavy atom. The van der Waals surface area contributed by atoms with Gasteiger partial charge < -0.3 is 10.1 Å². The van der Waals surface area contributed by atoms with Crippen molar-refractivity contribution in [3.05, 3.63) is 52.9 Å². The molecule has 0 fully saturated rings. The molecule has 0 radical (unpaired) electrons. The first-order chi connectivity index (χ1) is 14.2. The first-order valence-corrected chi connectivity index (χ1v) is 11.4. The standard InChI is InChI=1S/C19H17N5O2S3/c1-12(25)20-18-21-13(10-28-18)11-29-19-23-22-17(16-8-5-9-27-16)24(19)14-6-3-4-7-15(14)26-2/h3-10H,11H2,1-2H3,(H,20,21,25). The van der Waals surface area contributed by atoms with Crippen molar-refractivity contribution in [2.75, 3.05) is 12.4 Å². The number of thioether (sulfide) groups is 1. The maximum atomic E-state index is 11.2. The molecule has 3 heterocycles. The van der Waals surface area contributed by atoms with Crippen LogP contribution in [0.2, 0.25) is 0 Å². The lowest BCUT2D eigenvalue weighted by Crippen LogP contribution is -2.05. The molecule has 29 heavy (non-hydrogen) atoms. The Bertz CT molecular complexity index is 1120. The molecule has 1 amide bonds. The zero-order chi connectivity index (χ0) is 20.2. The molecule has 0 unspecified atom stereocenters. The third-order valence-corrected chi connectivity index (χ3v) is 6.52. The molecule has 4 rings (SSSR count). The van der Waals surface area contributed by atoms with Gasteiger partial charge in [0.25, 0.3) is 0 Å². The SMILES string of the molecule is COc1ccccc1-n1c(SCc2csc(NC(C)=O)n2)nnc1-c1cccs1. The van der Waals surface area contributed by atoms with Crippen LogP contribution in [0.25, 0.3) is 16.4 Å². The van der Waals surface area contributed by atoms with Gasteiger partial charge in [-0.3, -0.25) is 9.36 Å². The van der Waals surface area contributed by atoms with Gasteiger partial charge in [-0.15, -0.1) is 32.9 Å². The van der Waals surface area contributed by atoms with Crippen LogP contribution in [-0.4, -0.2) is 32.8 Å². The third kappa shape index (κ3) is 4.34. The number of benzene rings is 1. The lowest BCUT2D eigenvalue weighted by atomic mass is 10.3. The molecular formula is C19H17N5O2S3. The number of aromatic nitrogens is 4. The Kier molecular flexibility index (Phi) is 5.93. The fraction of sp³-hybridized carbons (Fsp3) is 0.158. The van der Waals surface area contributed by atoms with E-state index < -0.39 is 0 Å². The van der Waals surface area contributed by atoms with Crippen LogP contribution in [0.1, 0.15) is 12.6 Å². The molecule has 0 saturated heterocycles. The number of ether oxygens (including phenoxy) is 1. The molecule has 3 aromatic heterocycles. The summed E-state index contributed by atoms with van der Waals surface area (Å²) in [5, 5.41) is 16.9. The molecule has 4 aromatic rings. The van der Waals surface area contributed by atoms with Crippen LogP contribution in [-0.2, 0) is 10.5 Å². The minimum Gasteiger partial charge on any atom is -0.495 e. The number of carbonyl (C=O) groups excluding carboxylic acids is 1. The summed E-state index contributed by atoms with van der Waals surface area (Å²) >= 11 is 4.55. The second kappa shape index (κ2) is 8.76. The number of thiazole rings is 1. The molecule has 0 atom stereocenters. The van der Waals surface area contributed by atoms with E-state index in [-0.39, 0.29) is 5.91 Å². The maximum Gasteiger partial charge on any atom is 0.223 e. The molecule has 0 aliphatic rings. The smallest absolute Gasteiger partial charge is 0.223 e. The highest BCUT2D eigenvalue weighted by atomic mass is 32.2. The largest absolute Gasteiger partial charge is 0.495 e. The molecule has 0 saturated carbocycles. The minimum atomic E-state index is -0.130. The molecule has 0 aliphatic carbocycles. The summed E-state index contributed by atoms with van der Waals surface area (Å²) in [7, 11) is 1.65. The summed E-state index contributed by atoms with van der Waals surface area (Å²) in [6.07, 6.45) is 0. The average Bonchev–Trinajstić information content (AvgIpc) is 3.46. The number of nitrogens with zero attached hydrogens (tertiary/aromatic N) is 4. The number of thiophene rings is 1. The van der Waals surface area contributed by atoms with Crippen molar-refractivity contribution < 1.29 is 9.53 Å². The van der Waals surface area contributed by atoms with Crippen LogP contribution in [0.5, 0.6) is 5.75 Å². The summed E-state index contributed by atoms with van der Waals surface area (Å²) in [6.45, 7) is 1.47. The summed E-state index contributed by atoms with van der Waals surface area (Å²) in [5.41, 5.74) is 1.75. The maximum absolute atomic E-state index is 11.2. The number of methoxy groups -OCH3 is 1. The molecule has 1 aromatic carbocycles. The van der Waals surface area contributed by atoms with Gasteiger partial charge in [0.1, 0.15) is 5.75 Å². The van der Waals surface area contributed by atoms with Crippen LogP contribution in [0.3, 0.4) is 0 Å². The lowest BCUT2D eigenvalue weighted by molar-refractivity contribution is -0.114. The quantitative estimate of drug-likeness (QED) is 0.417. The average molecular weight is 444 g/mol. The van der Waals surface area contributed by atoms with Gasteiger partial charge in [-0.2, -0.15) is 0 Å². The van der Waals surface area contributed by atoms with E-state index in [4.69, 9.17) is 4.74 Å². The predicted octanol–water partition coefficient (Wildman–Crippen LogP) is 4.71. The van der Waals surface area contributed by atoms with Crippen LogP contribution < -0.4 is 10.1 Å². The number of anilines is 1. The Morgan fingerprint density at radius 1 is 1.21 bits per heavy atom. The van der Waals surface area contributed by atoms with E-state index in [0.717, 1.165) is 33.0 Å². The van der Waals surface area contributed by atoms with Crippen molar-refractivity contribution in [2.45, 2.75) is 17.8 Å². The van der Waals surface area contributed by atoms with Gasteiger partial charge in [-0.1, -0.05) is 30.0 Å². The van der Waals surface area contributed by atoms with E-state index in [2.05, 4.69) is 20.5 Å². The molecule has 0 spiro atoms. The number of nitrogens with one attached hydrogen (secondary N) is 1. The second-order valence-electron chi connectivity index (χ2n) is 5.90. The number of rotatable bonds is 7. The van der Waals surface area contributed by atoms with E-state index in [0.29, 0.717) is 10.9 Å². The van der Waals surface area contributed by atoms with Crippen molar-refractivity contribution in [3.8, 4) is 22.1 Å². The fourth-order valence-electron chi connectivity index (χ4n) is 2.68. The van der Waals surface area contributed by atoms with E-state index in [9.17, 15) is 4.79 Å². The number of carbonyl (C=O) groups is 1. The van der Waals surface area contributed by atoms with Gasteiger partial charge in [-0.25, -0.2) is 4.98 Å². The van der Waals surface area contributed by atoms with Crippen molar-refractivity contribution in [1.82, 2.24) is 19.7 Å². The molecule has 1 N–H and O–H groups in total. The highest BCUT2D eigenvalue weighted by molar-refractivity contribution is 7.98. The van der Waals surface area contributed by atoms with E-state index in [1.54, 1.807) is 18.4 Å². The van der Waals surface area contributed by atoms with Gasteiger partial charge in [0.05, 0.1) is 23.4 Å². The Morgan fingerprint density at radius 3 is 2.83 bits per heavy atom.